The molecule has 0 bridgehead atoms. The molecule has 0 saturated carbocycles. The number of benzene rings is 1. The van der Waals surface area contributed by atoms with E-state index >= 15 is 0 Å². The molecule has 0 unspecified atom stereocenters. The summed E-state index contributed by atoms with van der Waals surface area (Å²) in [4.78, 5) is 22.2. The van der Waals surface area contributed by atoms with E-state index in [4.69, 9.17) is 9.47 Å². The summed E-state index contributed by atoms with van der Waals surface area (Å²) in [5.74, 6) is 0.817. The van der Waals surface area contributed by atoms with Crippen LogP contribution in [0.1, 0.15) is 23.2 Å². The Kier molecular flexibility index (Phi) is 5.88. The van der Waals surface area contributed by atoms with E-state index in [0.717, 1.165) is 69.2 Å². The monoisotopic (exact) mass is 381 g/mol. The molecule has 28 heavy (non-hydrogen) atoms. The highest BCUT2D eigenvalue weighted by Crippen LogP contribution is 2.31. The maximum absolute atomic E-state index is 13.3. The van der Waals surface area contributed by atoms with Gasteiger partial charge >= 0.3 is 0 Å². The molecular weight excluding hydrogens is 354 g/mol. The first-order valence-corrected chi connectivity index (χ1v) is 9.97. The maximum atomic E-state index is 13.3. The minimum absolute atomic E-state index is 0.0931. The largest absolute Gasteiger partial charge is 0.496 e. The van der Waals surface area contributed by atoms with E-state index in [1.54, 1.807) is 13.3 Å². The highest BCUT2D eigenvalue weighted by molar-refractivity contribution is 5.96. The number of carbonyl (C=O) groups is 1. The number of nitrogens with zero attached hydrogens (tertiary/aromatic N) is 3. The van der Waals surface area contributed by atoms with Gasteiger partial charge in [0.15, 0.2) is 0 Å². The Morgan fingerprint density at radius 1 is 1.21 bits per heavy atom. The van der Waals surface area contributed by atoms with Crippen LogP contribution in [0.5, 0.6) is 5.75 Å². The first kappa shape index (κ1) is 18.9. The molecule has 0 radical (unpaired) electrons. The molecule has 1 aromatic carbocycles. The molecule has 0 spiro atoms. The highest BCUT2D eigenvalue weighted by atomic mass is 16.5. The van der Waals surface area contributed by atoms with Crippen molar-refractivity contribution in [1.29, 1.82) is 0 Å². The molecule has 6 nitrogen and oxygen atoms in total. The van der Waals surface area contributed by atoms with Gasteiger partial charge in [-0.25, -0.2) is 0 Å². The number of rotatable bonds is 5. The third kappa shape index (κ3) is 4.03. The van der Waals surface area contributed by atoms with Gasteiger partial charge < -0.3 is 14.4 Å². The van der Waals surface area contributed by atoms with Crippen LogP contribution in [-0.4, -0.2) is 73.2 Å². The van der Waals surface area contributed by atoms with Gasteiger partial charge in [0.2, 0.25) is 0 Å². The second-order valence-corrected chi connectivity index (χ2v) is 7.34. The average molecular weight is 381 g/mol. The van der Waals surface area contributed by atoms with Crippen LogP contribution < -0.4 is 4.74 Å². The molecule has 4 rings (SSSR count). The van der Waals surface area contributed by atoms with Gasteiger partial charge in [0, 0.05) is 49.5 Å². The summed E-state index contributed by atoms with van der Waals surface area (Å²) in [6.07, 6.45) is 3.87. The molecule has 2 aromatic rings. The van der Waals surface area contributed by atoms with Crippen molar-refractivity contribution in [3.8, 4) is 17.0 Å². The smallest absolute Gasteiger partial charge is 0.254 e. The Morgan fingerprint density at radius 3 is 2.82 bits per heavy atom. The molecule has 6 heteroatoms. The van der Waals surface area contributed by atoms with Crippen molar-refractivity contribution in [2.45, 2.75) is 18.9 Å². The summed E-state index contributed by atoms with van der Waals surface area (Å²) >= 11 is 0. The summed E-state index contributed by atoms with van der Waals surface area (Å²) in [6.45, 7) is 5.21. The second-order valence-electron chi connectivity index (χ2n) is 7.34. The quantitative estimate of drug-likeness (QED) is 0.797. The van der Waals surface area contributed by atoms with Crippen LogP contribution in [-0.2, 0) is 4.74 Å². The number of hydrogen-bond acceptors (Lipinski definition) is 5. The first-order chi connectivity index (χ1) is 13.8. The lowest BCUT2D eigenvalue weighted by molar-refractivity contribution is 0.0261. The number of ether oxygens (including phenoxy) is 2. The third-order valence-electron chi connectivity index (χ3n) is 5.60. The van der Waals surface area contributed by atoms with E-state index in [1.165, 1.54) is 0 Å². The van der Waals surface area contributed by atoms with Crippen LogP contribution in [0.2, 0.25) is 0 Å². The van der Waals surface area contributed by atoms with E-state index in [0.29, 0.717) is 5.56 Å². The van der Waals surface area contributed by atoms with Crippen molar-refractivity contribution in [2.75, 3.05) is 46.5 Å². The lowest BCUT2D eigenvalue weighted by atomic mass is 10.0. The van der Waals surface area contributed by atoms with E-state index in [-0.39, 0.29) is 11.9 Å². The molecule has 148 valence electrons. The first-order valence-electron chi connectivity index (χ1n) is 9.97. The fraction of sp³-hybridized carbons (Fsp3) is 0.455. The Hall–Kier alpha value is -2.44. The Balaban J connectivity index is 1.55. The van der Waals surface area contributed by atoms with E-state index in [2.05, 4.69) is 9.88 Å². The lowest BCUT2D eigenvalue weighted by Crippen LogP contribution is -2.46. The normalized spacial score (nSPS) is 20.3. The predicted octanol–water partition coefficient (Wildman–Crippen LogP) is 2.69. The lowest BCUT2D eigenvalue weighted by Gasteiger charge is -2.33. The number of amides is 1. The molecule has 1 atom stereocenters. The van der Waals surface area contributed by atoms with Gasteiger partial charge in [-0.05, 0) is 43.2 Å². The van der Waals surface area contributed by atoms with Crippen LogP contribution in [0.4, 0.5) is 0 Å². The molecule has 0 N–H and O–H groups in total. The van der Waals surface area contributed by atoms with Gasteiger partial charge in [0.05, 0.1) is 26.0 Å². The van der Waals surface area contributed by atoms with Crippen molar-refractivity contribution in [1.82, 2.24) is 14.8 Å². The van der Waals surface area contributed by atoms with Crippen LogP contribution in [0.25, 0.3) is 11.3 Å². The van der Waals surface area contributed by atoms with Crippen LogP contribution in [0.15, 0.2) is 42.6 Å². The maximum Gasteiger partial charge on any atom is 0.254 e. The fourth-order valence-electron chi connectivity index (χ4n) is 4.10. The molecule has 2 aliphatic rings. The number of pyridine rings is 1. The van der Waals surface area contributed by atoms with Gasteiger partial charge in [0.25, 0.3) is 5.91 Å². The number of morpholine rings is 1. The molecule has 3 heterocycles. The standard InChI is InChI=1S/C22H27N3O3/c1-27-21-8-7-17(15-19(21)20-6-2-3-9-23-20)22(26)25-10-4-5-18(25)16-24-11-13-28-14-12-24/h2-3,6-9,15,18H,4-5,10-14,16H2,1H3/t18-/m0/s1. The van der Waals surface area contributed by atoms with E-state index in [9.17, 15) is 4.79 Å². The Labute approximate surface area is 166 Å². The number of aromatic nitrogens is 1. The molecule has 0 aliphatic carbocycles. The van der Waals surface area contributed by atoms with Gasteiger partial charge in [0.1, 0.15) is 5.75 Å². The summed E-state index contributed by atoms with van der Waals surface area (Å²) in [6, 6.07) is 11.7. The van der Waals surface area contributed by atoms with Gasteiger partial charge in [-0.2, -0.15) is 0 Å². The van der Waals surface area contributed by atoms with Crippen LogP contribution >= 0.6 is 0 Å². The molecule has 2 aliphatic heterocycles. The zero-order valence-electron chi connectivity index (χ0n) is 16.3. The Bertz CT molecular complexity index is 806. The van der Waals surface area contributed by atoms with Crippen LogP contribution in [0, 0.1) is 0 Å². The van der Waals surface area contributed by atoms with E-state index in [1.807, 2.05) is 41.3 Å². The summed E-state index contributed by atoms with van der Waals surface area (Å²) in [7, 11) is 1.64. The Morgan fingerprint density at radius 2 is 2.07 bits per heavy atom. The van der Waals surface area contributed by atoms with Crippen LogP contribution in [0.3, 0.4) is 0 Å². The minimum Gasteiger partial charge on any atom is -0.496 e. The van der Waals surface area contributed by atoms with Crippen molar-refractivity contribution in [3.63, 3.8) is 0 Å². The minimum atomic E-state index is 0.0931. The summed E-state index contributed by atoms with van der Waals surface area (Å²) < 4.78 is 10.9. The van der Waals surface area contributed by atoms with E-state index < -0.39 is 0 Å². The van der Waals surface area contributed by atoms with Gasteiger partial charge in [-0.1, -0.05) is 6.07 Å². The van der Waals surface area contributed by atoms with Crippen molar-refractivity contribution >= 4 is 5.91 Å². The van der Waals surface area contributed by atoms with Gasteiger partial charge in [-0.3, -0.25) is 14.7 Å². The molecule has 1 aromatic heterocycles. The molecule has 2 saturated heterocycles. The van der Waals surface area contributed by atoms with Gasteiger partial charge in [-0.15, -0.1) is 0 Å². The summed E-state index contributed by atoms with van der Waals surface area (Å²) in [5.41, 5.74) is 2.34. The zero-order chi connectivity index (χ0) is 19.3. The topological polar surface area (TPSA) is 54.9 Å². The zero-order valence-corrected chi connectivity index (χ0v) is 16.3. The molecule has 1 amide bonds. The molecular formula is C22H27N3O3. The second kappa shape index (κ2) is 8.71. The average Bonchev–Trinajstić information content (AvgIpc) is 3.22. The molecule has 2 fully saturated rings. The third-order valence-corrected chi connectivity index (χ3v) is 5.60. The fourth-order valence-corrected chi connectivity index (χ4v) is 4.10. The number of carbonyl (C=O) groups excluding carboxylic acids is 1. The SMILES string of the molecule is COc1ccc(C(=O)N2CCC[C@H]2CN2CCOCC2)cc1-c1ccccn1. The van der Waals surface area contributed by atoms with Crippen molar-refractivity contribution in [3.05, 3.63) is 48.2 Å². The number of hydrogen-bond donors (Lipinski definition) is 0. The number of methoxy groups -OCH3 is 1. The van der Waals surface area contributed by atoms with Crippen molar-refractivity contribution in [2.24, 2.45) is 0 Å². The van der Waals surface area contributed by atoms with Crippen molar-refractivity contribution < 1.29 is 14.3 Å². The summed E-state index contributed by atoms with van der Waals surface area (Å²) in [5, 5.41) is 0. The predicted molar refractivity (Wildman–Crippen MR) is 108 cm³/mol. The number of likely N-dealkylation sites (tertiary alicyclic amines) is 1. The highest BCUT2D eigenvalue weighted by Gasteiger charge is 2.31.